The first-order valence-corrected chi connectivity index (χ1v) is 7.92. The predicted molar refractivity (Wildman–Crippen MR) is 79.9 cm³/mol. The number of carbonyl (C=O) groups is 1. The van der Waals surface area contributed by atoms with E-state index in [1.165, 1.54) is 0 Å². The van der Waals surface area contributed by atoms with Crippen LogP contribution in [0.15, 0.2) is 24.3 Å². The summed E-state index contributed by atoms with van der Waals surface area (Å²) in [7, 11) is 0. The van der Waals surface area contributed by atoms with E-state index in [2.05, 4.69) is 11.8 Å². The molecule has 3 nitrogen and oxygen atoms in total. The number of halogens is 1. The highest BCUT2D eigenvalue weighted by atomic mass is 35.5. The minimum absolute atomic E-state index is 0.0857. The first-order chi connectivity index (χ1) is 9.09. The maximum absolute atomic E-state index is 11.0. The second-order valence-electron chi connectivity index (χ2n) is 4.76. The summed E-state index contributed by atoms with van der Waals surface area (Å²) < 4.78 is 0. The van der Waals surface area contributed by atoms with Crippen LogP contribution in [0.4, 0.5) is 0 Å². The standard InChI is InChI=1S/C14H18ClNO2S/c1-10(12-4-2-3-5-13(12)15)16-6-7-19-9-11(16)8-14(17)18/h2-5,10-11H,6-9H2,1H3,(H,17,18). The maximum Gasteiger partial charge on any atom is 0.304 e. The van der Waals surface area contributed by atoms with Crippen molar-refractivity contribution in [3.63, 3.8) is 0 Å². The van der Waals surface area contributed by atoms with Gasteiger partial charge in [0.15, 0.2) is 0 Å². The Hall–Kier alpha value is -0.710. The van der Waals surface area contributed by atoms with Gasteiger partial charge < -0.3 is 5.11 Å². The van der Waals surface area contributed by atoms with Crippen molar-refractivity contribution >= 4 is 29.3 Å². The summed E-state index contributed by atoms with van der Waals surface area (Å²) in [6.07, 6.45) is 0.196. The average Bonchev–Trinajstić information content (AvgIpc) is 2.38. The molecule has 1 saturated heterocycles. The van der Waals surface area contributed by atoms with E-state index in [0.29, 0.717) is 0 Å². The normalized spacial score (nSPS) is 22.1. The molecule has 1 aromatic rings. The number of benzene rings is 1. The zero-order chi connectivity index (χ0) is 13.8. The SMILES string of the molecule is CC(c1ccccc1Cl)N1CCSCC1CC(=O)O. The molecule has 104 valence electrons. The highest BCUT2D eigenvalue weighted by Crippen LogP contribution is 2.32. The third-order valence-electron chi connectivity index (χ3n) is 3.54. The molecule has 0 aliphatic carbocycles. The second-order valence-corrected chi connectivity index (χ2v) is 6.32. The van der Waals surface area contributed by atoms with Crippen molar-refractivity contribution < 1.29 is 9.90 Å². The van der Waals surface area contributed by atoms with Crippen LogP contribution in [0.2, 0.25) is 5.02 Å². The number of rotatable bonds is 4. The Balaban J connectivity index is 2.17. The molecule has 0 bridgehead atoms. The molecule has 0 radical (unpaired) electrons. The molecule has 5 heteroatoms. The molecule has 1 fully saturated rings. The lowest BCUT2D eigenvalue weighted by atomic mass is 10.0. The van der Waals surface area contributed by atoms with Crippen LogP contribution in [0, 0.1) is 0 Å². The molecule has 1 N–H and O–H groups in total. The minimum atomic E-state index is -0.733. The van der Waals surface area contributed by atoms with E-state index in [-0.39, 0.29) is 18.5 Å². The number of nitrogens with zero attached hydrogens (tertiary/aromatic N) is 1. The van der Waals surface area contributed by atoms with Gasteiger partial charge in [-0.05, 0) is 18.6 Å². The van der Waals surface area contributed by atoms with Gasteiger partial charge in [-0.25, -0.2) is 0 Å². The Morgan fingerprint density at radius 3 is 3.00 bits per heavy atom. The van der Waals surface area contributed by atoms with Crippen molar-refractivity contribution in [3.8, 4) is 0 Å². The highest BCUT2D eigenvalue weighted by Gasteiger charge is 2.29. The highest BCUT2D eigenvalue weighted by molar-refractivity contribution is 7.99. The molecule has 0 amide bonds. The molecule has 1 heterocycles. The third kappa shape index (κ3) is 3.65. The van der Waals surface area contributed by atoms with E-state index in [0.717, 1.165) is 28.6 Å². The molecule has 1 aliphatic heterocycles. The van der Waals surface area contributed by atoms with Gasteiger partial charge in [-0.3, -0.25) is 9.69 Å². The fraction of sp³-hybridized carbons (Fsp3) is 0.500. The number of carboxylic acid groups (broad SMARTS) is 1. The van der Waals surface area contributed by atoms with Crippen molar-refractivity contribution in [1.29, 1.82) is 0 Å². The van der Waals surface area contributed by atoms with Gasteiger partial charge in [-0.1, -0.05) is 29.8 Å². The van der Waals surface area contributed by atoms with Gasteiger partial charge >= 0.3 is 5.97 Å². The first-order valence-electron chi connectivity index (χ1n) is 6.39. The van der Waals surface area contributed by atoms with E-state index < -0.39 is 5.97 Å². The van der Waals surface area contributed by atoms with Crippen LogP contribution < -0.4 is 0 Å². The average molecular weight is 300 g/mol. The lowest BCUT2D eigenvalue weighted by Crippen LogP contribution is -2.44. The van der Waals surface area contributed by atoms with E-state index in [4.69, 9.17) is 16.7 Å². The van der Waals surface area contributed by atoms with Gasteiger partial charge in [0.2, 0.25) is 0 Å². The van der Waals surface area contributed by atoms with Gasteiger partial charge in [0.05, 0.1) is 6.42 Å². The minimum Gasteiger partial charge on any atom is -0.481 e. The Morgan fingerprint density at radius 2 is 2.32 bits per heavy atom. The molecule has 0 spiro atoms. The molecular weight excluding hydrogens is 282 g/mol. The lowest BCUT2D eigenvalue weighted by Gasteiger charge is -2.39. The van der Waals surface area contributed by atoms with Crippen LogP contribution in [0.3, 0.4) is 0 Å². The van der Waals surface area contributed by atoms with E-state index in [9.17, 15) is 4.79 Å². The summed E-state index contributed by atoms with van der Waals surface area (Å²) in [5.74, 6) is 1.19. The predicted octanol–water partition coefficient (Wildman–Crippen LogP) is 3.29. The van der Waals surface area contributed by atoms with Crippen molar-refractivity contribution in [2.24, 2.45) is 0 Å². The van der Waals surface area contributed by atoms with Crippen LogP contribution in [-0.4, -0.2) is 40.1 Å². The quantitative estimate of drug-likeness (QED) is 0.926. The molecule has 1 aliphatic rings. The van der Waals surface area contributed by atoms with Crippen LogP contribution in [0.1, 0.15) is 24.9 Å². The fourth-order valence-corrected chi connectivity index (χ4v) is 3.93. The van der Waals surface area contributed by atoms with E-state index >= 15 is 0 Å². The summed E-state index contributed by atoms with van der Waals surface area (Å²) >= 11 is 8.07. The first kappa shape index (κ1) is 14.7. The molecule has 0 saturated carbocycles. The van der Waals surface area contributed by atoms with E-state index in [1.807, 2.05) is 36.0 Å². The topological polar surface area (TPSA) is 40.5 Å². The van der Waals surface area contributed by atoms with Gasteiger partial charge in [-0.15, -0.1) is 0 Å². The lowest BCUT2D eigenvalue weighted by molar-refractivity contribution is -0.138. The molecule has 0 aromatic heterocycles. The Morgan fingerprint density at radius 1 is 1.58 bits per heavy atom. The van der Waals surface area contributed by atoms with Crippen LogP contribution in [-0.2, 0) is 4.79 Å². The van der Waals surface area contributed by atoms with Gasteiger partial charge in [-0.2, -0.15) is 11.8 Å². The molecule has 2 rings (SSSR count). The maximum atomic E-state index is 11.0. The molecule has 1 aromatic carbocycles. The summed E-state index contributed by atoms with van der Waals surface area (Å²) in [5, 5.41) is 9.78. The van der Waals surface area contributed by atoms with Gasteiger partial charge in [0.1, 0.15) is 0 Å². The Bertz CT molecular complexity index is 455. The second kappa shape index (κ2) is 6.64. The summed E-state index contributed by atoms with van der Waals surface area (Å²) in [5.41, 5.74) is 1.08. The Kier molecular flexibility index (Phi) is 5.13. The van der Waals surface area contributed by atoms with Crippen molar-refractivity contribution in [2.45, 2.75) is 25.4 Å². The third-order valence-corrected chi connectivity index (χ3v) is 4.97. The fourth-order valence-electron chi connectivity index (χ4n) is 2.55. The van der Waals surface area contributed by atoms with Gasteiger partial charge in [0.25, 0.3) is 0 Å². The number of carboxylic acids is 1. The van der Waals surface area contributed by atoms with Crippen LogP contribution in [0.25, 0.3) is 0 Å². The van der Waals surface area contributed by atoms with Gasteiger partial charge in [0, 0.05) is 35.2 Å². The monoisotopic (exact) mass is 299 g/mol. The van der Waals surface area contributed by atoms with Crippen molar-refractivity contribution in [1.82, 2.24) is 4.90 Å². The molecule has 2 atom stereocenters. The van der Waals surface area contributed by atoms with Crippen LogP contribution in [0.5, 0.6) is 0 Å². The van der Waals surface area contributed by atoms with Crippen molar-refractivity contribution in [3.05, 3.63) is 34.9 Å². The zero-order valence-electron chi connectivity index (χ0n) is 10.9. The molecule has 2 unspecified atom stereocenters. The largest absolute Gasteiger partial charge is 0.481 e. The number of hydrogen-bond donors (Lipinski definition) is 1. The van der Waals surface area contributed by atoms with Crippen molar-refractivity contribution in [2.75, 3.05) is 18.1 Å². The number of thioether (sulfide) groups is 1. The molecule has 19 heavy (non-hydrogen) atoms. The summed E-state index contributed by atoms with van der Waals surface area (Å²) in [6.45, 7) is 3.01. The number of aliphatic carboxylic acids is 1. The summed E-state index contributed by atoms with van der Waals surface area (Å²) in [6, 6.07) is 8.04. The van der Waals surface area contributed by atoms with Crippen LogP contribution >= 0.6 is 23.4 Å². The Labute approximate surface area is 122 Å². The zero-order valence-corrected chi connectivity index (χ0v) is 12.5. The summed E-state index contributed by atoms with van der Waals surface area (Å²) in [4.78, 5) is 13.2. The number of hydrogen-bond acceptors (Lipinski definition) is 3. The van der Waals surface area contributed by atoms with E-state index in [1.54, 1.807) is 0 Å². The molecular formula is C14H18ClNO2S. The smallest absolute Gasteiger partial charge is 0.304 e.